The van der Waals surface area contributed by atoms with Crippen molar-refractivity contribution in [3.63, 3.8) is 0 Å². The molecule has 0 saturated carbocycles. The smallest absolute Gasteiger partial charge is 0.137 e. The van der Waals surface area contributed by atoms with Crippen molar-refractivity contribution in [2.45, 2.75) is 25.5 Å². The Hall–Kier alpha value is -0.480. The molecule has 1 N–H and O–H groups in total. The Balaban J connectivity index is 2.70. The molecule has 0 atom stereocenters. The van der Waals surface area contributed by atoms with Gasteiger partial charge in [-0.3, -0.25) is 0 Å². The van der Waals surface area contributed by atoms with Gasteiger partial charge in [-0.15, -0.1) is 0 Å². The molecule has 0 bridgehead atoms. The van der Waals surface area contributed by atoms with Crippen molar-refractivity contribution in [3.8, 4) is 0 Å². The number of hydrogen-bond acceptors (Lipinski definition) is 4. The molecule has 0 radical (unpaired) electrons. The summed E-state index contributed by atoms with van der Waals surface area (Å²) in [6.45, 7) is 7.13. The third-order valence-electron chi connectivity index (χ3n) is 2.26. The Morgan fingerprint density at radius 1 is 1.47 bits per heavy atom. The highest BCUT2D eigenvalue weighted by Crippen LogP contribution is 2.23. The zero-order chi connectivity index (χ0) is 11.5. The summed E-state index contributed by atoms with van der Waals surface area (Å²) in [7, 11) is 0. The third-order valence-corrected chi connectivity index (χ3v) is 3.89. The summed E-state index contributed by atoms with van der Waals surface area (Å²) < 4.78 is 0.184. The zero-order valence-electron chi connectivity index (χ0n) is 9.47. The first kappa shape index (κ1) is 12.6. The fourth-order valence-electron chi connectivity index (χ4n) is 0.976. The van der Waals surface area contributed by atoms with Crippen LogP contribution in [0, 0.1) is 6.92 Å². The van der Waals surface area contributed by atoms with Crippen LogP contribution in [0.2, 0.25) is 5.15 Å². The van der Waals surface area contributed by atoms with Gasteiger partial charge in [-0.05, 0) is 27.0 Å². The summed E-state index contributed by atoms with van der Waals surface area (Å²) in [6, 6.07) is 0. The van der Waals surface area contributed by atoms with E-state index in [-0.39, 0.29) is 4.75 Å². The van der Waals surface area contributed by atoms with Crippen LogP contribution in [0.5, 0.6) is 0 Å². The molecule has 0 unspecified atom stereocenters. The van der Waals surface area contributed by atoms with Gasteiger partial charge in [-0.2, -0.15) is 11.8 Å². The summed E-state index contributed by atoms with van der Waals surface area (Å²) in [5.74, 6) is 0.817. The predicted molar refractivity (Wildman–Crippen MR) is 67.9 cm³/mol. The fourth-order valence-corrected chi connectivity index (χ4v) is 1.33. The van der Waals surface area contributed by atoms with E-state index in [9.17, 15) is 0 Å². The molecule has 1 aromatic rings. The molecule has 0 fully saturated rings. The van der Waals surface area contributed by atoms with Crippen molar-refractivity contribution >= 4 is 29.2 Å². The number of nitrogens with one attached hydrogen (secondary N) is 1. The Labute approximate surface area is 100 Å². The van der Waals surface area contributed by atoms with E-state index in [1.165, 1.54) is 6.33 Å². The second-order valence-corrected chi connectivity index (χ2v) is 5.83. The van der Waals surface area contributed by atoms with Crippen LogP contribution in [0.4, 0.5) is 5.82 Å². The quantitative estimate of drug-likeness (QED) is 0.828. The molecule has 1 rings (SSSR count). The van der Waals surface area contributed by atoms with E-state index in [1.54, 1.807) is 0 Å². The second kappa shape index (κ2) is 5.03. The molecule has 5 heteroatoms. The van der Waals surface area contributed by atoms with Crippen LogP contribution in [0.15, 0.2) is 6.33 Å². The zero-order valence-corrected chi connectivity index (χ0v) is 11.0. The highest BCUT2D eigenvalue weighted by Gasteiger charge is 2.16. The molecule has 0 amide bonds. The van der Waals surface area contributed by atoms with Gasteiger partial charge in [0, 0.05) is 16.9 Å². The van der Waals surface area contributed by atoms with Crippen molar-refractivity contribution in [1.82, 2.24) is 9.97 Å². The Bertz CT molecular complexity index is 341. The standard InChI is InChI=1S/C10H16ClN3S/c1-7-8(11)13-6-14-9(7)12-5-10(2,3)15-4/h6H,5H2,1-4H3,(H,12,13,14). The summed E-state index contributed by atoms with van der Waals surface area (Å²) >= 11 is 7.72. The van der Waals surface area contributed by atoms with Gasteiger partial charge < -0.3 is 5.32 Å². The highest BCUT2D eigenvalue weighted by atomic mass is 35.5. The number of thioether (sulfide) groups is 1. The van der Waals surface area contributed by atoms with Gasteiger partial charge in [0.1, 0.15) is 17.3 Å². The molecule has 15 heavy (non-hydrogen) atoms. The van der Waals surface area contributed by atoms with Gasteiger partial charge in [-0.1, -0.05) is 11.6 Å². The maximum Gasteiger partial charge on any atom is 0.137 e. The number of anilines is 1. The van der Waals surface area contributed by atoms with Gasteiger partial charge in [0.2, 0.25) is 0 Å². The SMILES string of the molecule is CSC(C)(C)CNc1ncnc(Cl)c1C. The van der Waals surface area contributed by atoms with E-state index in [4.69, 9.17) is 11.6 Å². The first-order valence-electron chi connectivity index (χ1n) is 4.72. The summed E-state index contributed by atoms with van der Waals surface area (Å²) in [5.41, 5.74) is 0.899. The van der Waals surface area contributed by atoms with Crippen molar-refractivity contribution in [2.75, 3.05) is 18.1 Å². The minimum atomic E-state index is 0.184. The Morgan fingerprint density at radius 2 is 2.13 bits per heavy atom. The van der Waals surface area contributed by atoms with Crippen molar-refractivity contribution < 1.29 is 0 Å². The summed E-state index contributed by atoms with van der Waals surface area (Å²) in [5, 5.41) is 3.80. The number of rotatable bonds is 4. The van der Waals surface area contributed by atoms with Crippen LogP contribution in [0.3, 0.4) is 0 Å². The monoisotopic (exact) mass is 245 g/mol. The molecule has 0 spiro atoms. The highest BCUT2D eigenvalue weighted by molar-refractivity contribution is 7.99. The number of hydrogen-bond donors (Lipinski definition) is 1. The van der Waals surface area contributed by atoms with E-state index in [0.29, 0.717) is 5.15 Å². The number of nitrogens with zero attached hydrogens (tertiary/aromatic N) is 2. The average molecular weight is 246 g/mol. The normalized spacial score (nSPS) is 11.5. The lowest BCUT2D eigenvalue weighted by Gasteiger charge is -2.23. The second-order valence-electron chi connectivity index (χ2n) is 3.96. The van der Waals surface area contributed by atoms with Crippen LogP contribution in [-0.2, 0) is 0 Å². The Kier molecular flexibility index (Phi) is 4.22. The fraction of sp³-hybridized carbons (Fsp3) is 0.600. The number of aromatic nitrogens is 2. The number of halogens is 1. The van der Waals surface area contributed by atoms with E-state index in [1.807, 2.05) is 18.7 Å². The summed E-state index contributed by atoms with van der Waals surface area (Å²) in [6.07, 6.45) is 3.57. The lowest BCUT2D eigenvalue weighted by atomic mass is 10.2. The van der Waals surface area contributed by atoms with Crippen LogP contribution in [-0.4, -0.2) is 27.5 Å². The van der Waals surface area contributed by atoms with E-state index < -0.39 is 0 Å². The minimum Gasteiger partial charge on any atom is -0.368 e. The lowest BCUT2D eigenvalue weighted by molar-refractivity contribution is 0.749. The molecule has 1 aromatic heterocycles. The predicted octanol–water partition coefficient (Wildman–Crippen LogP) is 2.99. The molecule has 1 heterocycles. The molecule has 0 saturated heterocycles. The lowest BCUT2D eigenvalue weighted by Crippen LogP contribution is -2.26. The van der Waals surface area contributed by atoms with Crippen LogP contribution in [0.25, 0.3) is 0 Å². The maximum atomic E-state index is 5.90. The van der Waals surface area contributed by atoms with Gasteiger partial charge in [0.25, 0.3) is 0 Å². The first-order chi connectivity index (χ1) is 6.96. The molecule has 3 nitrogen and oxygen atoms in total. The van der Waals surface area contributed by atoms with Gasteiger partial charge in [0.05, 0.1) is 0 Å². The topological polar surface area (TPSA) is 37.8 Å². The first-order valence-corrected chi connectivity index (χ1v) is 6.32. The molecule has 84 valence electrons. The van der Waals surface area contributed by atoms with Crippen LogP contribution < -0.4 is 5.32 Å². The average Bonchev–Trinajstić information content (AvgIpc) is 2.20. The molecular weight excluding hydrogens is 230 g/mol. The van der Waals surface area contributed by atoms with Crippen LogP contribution >= 0.6 is 23.4 Å². The van der Waals surface area contributed by atoms with Crippen molar-refractivity contribution in [2.24, 2.45) is 0 Å². The summed E-state index contributed by atoms with van der Waals surface area (Å²) in [4.78, 5) is 8.07. The molecule has 0 aliphatic heterocycles. The van der Waals surface area contributed by atoms with Gasteiger partial charge >= 0.3 is 0 Å². The van der Waals surface area contributed by atoms with Crippen molar-refractivity contribution in [1.29, 1.82) is 0 Å². The van der Waals surface area contributed by atoms with E-state index in [2.05, 4.69) is 35.4 Å². The Morgan fingerprint density at radius 3 is 2.73 bits per heavy atom. The molecule has 0 aromatic carbocycles. The van der Waals surface area contributed by atoms with E-state index >= 15 is 0 Å². The van der Waals surface area contributed by atoms with Gasteiger partial charge in [-0.25, -0.2) is 9.97 Å². The molecule has 0 aliphatic carbocycles. The van der Waals surface area contributed by atoms with E-state index in [0.717, 1.165) is 17.9 Å². The maximum absolute atomic E-state index is 5.90. The molecule has 0 aliphatic rings. The van der Waals surface area contributed by atoms with Crippen molar-refractivity contribution in [3.05, 3.63) is 17.0 Å². The third kappa shape index (κ3) is 3.54. The van der Waals surface area contributed by atoms with Gasteiger partial charge in [0.15, 0.2) is 0 Å². The van der Waals surface area contributed by atoms with Crippen LogP contribution in [0.1, 0.15) is 19.4 Å². The molecular formula is C10H16ClN3S. The largest absolute Gasteiger partial charge is 0.368 e. The minimum absolute atomic E-state index is 0.184.